The van der Waals surface area contributed by atoms with Gasteiger partial charge in [0.15, 0.2) is 0 Å². The van der Waals surface area contributed by atoms with Gasteiger partial charge in [0.05, 0.1) is 12.0 Å². The molecule has 7 heteroatoms. The number of carbonyl (C=O) groups excluding carboxylic acids is 1. The largest absolute Gasteiger partial charge is 0.388 e. The van der Waals surface area contributed by atoms with Crippen molar-refractivity contribution in [1.82, 2.24) is 20.1 Å². The molecule has 122 valence electrons. The van der Waals surface area contributed by atoms with Crippen molar-refractivity contribution < 1.29 is 14.5 Å². The van der Waals surface area contributed by atoms with E-state index in [1.165, 1.54) is 12.8 Å². The lowest BCUT2D eigenvalue weighted by Gasteiger charge is -2.40. The molecule has 1 aromatic heterocycles. The molecule has 2 aliphatic rings. The van der Waals surface area contributed by atoms with Gasteiger partial charge in [-0.2, -0.15) is 0 Å². The molecule has 2 aliphatic heterocycles. The van der Waals surface area contributed by atoms with E-state index in [0.717, 1.165) is 19.6 Å². The molecule has 3 heterocycles. The van der Waals surface area contributed by atoms with Gasteiger partial charge >= 0.3 is 0 Å². The molecule has 1 aromatic rings. The van der Waals surface area contributed by atoms with Crippen LogP contribution >= 0.6 is 0 Å². The van der Waals surface area contributed by atoms with Crippen LogP contribution in [0.3, 0.4) is 0 Å². The highest BCUT2D eigenvalue weighted by Crippen LogP contribution is 2.25. The number of rotatable bonds is 4. The van der Waals surface area contributed by atoms with Gasteiger partial charge in [0.1, 0.15) is 11.4 Å². The minimum atomic E-state index is -0.646. The fourth-order valence-electron chi connectivity index (χ4n) is 3.35. The SMILES string of the molecule is Cc1nonc1CC(=O)N1CCC(O)(CN2CCCC2)CC1. The van der Waals surface area contributed by atoms with Crippen LogP contribution in [0.25, 0.3) is 0 Å². The summed E-state index contributed by atoms with van der Waals surface area (Å²) < 4.78 is 4.62. The number of aryl methyl sites for hydroxylation is 1. The summed E-state index contributed by atoms with van der Waals surface area (Å²) in [6.07, 6.45) is 3.97. The molecule has 1 N–H and O–H groups in total. The monoisotopic (exact) mass is 308 g/mol. The summed E-state index contributed by atoms with van der Waals surface area (Å²) in [6, 6.07) is 0. The van der Waals surface area contributed by atoms with Crippen LogP contribution in [0.1, 0.15) is 37.1 Å². The smallest absolute Gasteiger partial charge is 0.228 e. The van der Waals surface area contributed by atoms with Crippen LogP contribution in [-0.4, -0.2) is 69.5 Å². The number of hydrogen-bond acceptors (Lipinski definition) is 6. The number of piperidine rings is 1. The van der Waals surface area contributed by atoms with Crippen molar-refractivity contribution in [1.29, 1.82) is 0 Å². The number of hydrogen-bond donors (Lipinski definition) is 1. The topological polar surface area (TPSA) is 82.7 Å². The molecular weight excluding hydrogens is 284 g/mol. The zero-order chi connectivity index (χ0) is 15.6. The lowest BCUT2D eigenvalue weighted by Crippen LogP contribution is -2.52. The van der Waals surface area contributed by atoms with Crippen molar-refractivity contribution in [3.63, 3.8) is 0 Å². The molecule has 2 fully saturated rings. The van der Waals surface area contributed by atoms with Gasteiger partial charge in [-0.1, -0.05) is 10.3 Å². The van der Waals surface area contributed by atoms with E-state index in [-0.39, 0.29) is 12.3 Å². The number of nitrogens with zero attached hydrogens (tertiary/aromatic N) is 4. The fraction of sp³-hybridized carbons (Fsp3) is 0.800. The molecule has 0 spiro atoms. The second kappa shape index (κ2) is 6.34. The molecule has 7 nitrogen and oxygen atoms in total. The highest BCUT2D eigenvalue weighted by atomic mass is 16.6. The Balaban J connectivity index is 1.50. The molecule has 0 unspecified atom stereocenters. The van der Waals surface area contributed by atoms with Crippen LogP contribution in [0.4, 0.5) is 0 Å². The van der Waals surface area contributed by atoms with Crippen molar-refractivity contribution >= 4 is 5.91 Å². The maximum absolute atomic E-state index is 12.3. The number of β-amino-alcohol motifs (C(OH)–C–C–N with tert-alkyl or cyclic N) is 1. The number of aliphatic hydroxyl groups is 1. The van der Waals surface area contributed by atoms with Crippen molar-refractivity contribution in [3.8, 4) is 0 Å². The Kier molecular flexibility index (Phi) is 4.44. The minimum absolute atomic E-state index is 0.0297. The predicted molar refractivity (Wildman–Crippen MR) is 79.2 cm³/mol. The molecule has 3 rings (SSSR count). The van der Waals surface area contributed by atoms with E-state index in [1.54, 1.807) is 6.92 Å². The molecule has 2 saturated heterocycles. The van der Waals surface area contributed by atoms with Gasteiger partial charge in [-0.25, -0.2) is 4.63 Å². The first-order chi connectivity index (χ1) is 10.6. The van der Waals surface area contributed by atoms with Gasteiger partial charge in [0, 0.05) is 19.6 Å². The Morgan fingerprint density at radius 3 is 2.50 bits per heavy atom. The van der Waals surface area contributed by atoms with Gasteiger partial charge in [-0.3, -0.25) is 4.79 Å². The van der Waals surface area contributed by atoms with E-state index in [0.29, 0.717) is 37.3 Å². The zero-order valence-electron chi connectivity index (χ0n) is 13.1. The quantitative estimate of drug-likeness (QED) is 0.865. The van der Waals surface area contributed by atoms with Crippen LogP contribution in [0.2, 0.25) is 0 Å². The summed E-state index contributed by atoms with van der Waals surface area (Å²) in [5, 5.41) is 18.2. The Morgan fingerprint density at radius 2 is 1.91 bits per heavy atom. The lowest BCUT2D eigenvalue weighted by molar-refractivity contribution is -0.135. The molecule has 1 amide bonds. The summed E-state index contributed by atoms with van der Waals surface area (Å²) in [6.45, 7) is 5.90. The van der Waals surface area contributed by atoms with Crippen LogP contribution in [-0.2, 0) is 11.2 Å². The Bertz CT molecular complexity index is 517. The van der Waals surface area contributed by atoms with Gasteiger partial charge in [-0.15, -0.1) is 0 Å². The number of carbonyl (C=O) groups is 1. The van der Waals surface area contributed by atoms with Crippen LogP contribution in [0.5, 0.6) is 0 Å². The van der Waals surface area contributed by atoms with Gasteiger partial charge in [-0.05, 0) is 45.7 Å². The zero-order valence-corrected chi connectivity index (χ0v) is 13.1. The van der Waals surface area contributed by atoms with Gasteiger partial charge in [0.2, 0.25) is 5.91 Å². The molecule has 0 aromatic carbocycles. The Morgan fingerprint density at radius 1 is 1.23 bits per heavy atom. The maximum Gasteiger partial charge on any atom is 0.228 e. The second-order valence-electron chi connectivity index (χ2n) is 6.56. The molecule has 0 atom stereocenters. The first-order valence-corrected chi connectivity index (χ1v) is 8.06. The van der Waals surface area contributed by atoms with E-state index < -0.39 is 5.60 Å². The fourth-order valence-corrected chi connectivity index (χ4v) is 3.35. The van der Waals surface area contributed by atoms with Gasteiger partial charge < -0.3 is 14.9 Å². The molecule has 0 saturated carbocycles. The number of amides is 1. The number of likely N-dealkylation sites (tertiary alicyclic amines) is 2. The van der Waals surface area contributed by atoms with E-state index in [9.17, 15) is 9.90 Å². The summed E-state index contributed by atoms with van der Waals surface area (Å²) in [4.78, 5) is 16.4. The van der Waals surface area contributed by atoms with E-state index in [2.05, 4.69) is 19.8 Å². The molecule has 0 bridgehead atoms. The van der Waals surface area contributed by atoms with Crippen LogP contribution < -0.4 is 0 Å². The summed E-state index contributed by atoms with van der Waals surface area (Å²) >= 11 is 0. The normalized spacial score (nSPS) is 22.2. The van der Waals surface area contributed by atoms with E-state index in [4.69, 9.17) is 0 Å². The van der Waals surface area contributed by atoms with Crippen molar-refractivity contribution in [2.75, 3.05) is 32.7 Å². The third kappa shape index (κ3) is 3.47. The standard InChI is InChI=1S/C15H24N4O3/c1-12-13(17-22-16-12)10-14(20)19-8-4-15(21,5-9-19)11-18-6-2-3-7-18/h21H,2-11H2,1H3. The van der Waals surface area contributed by atoms with Gasteiger partial charge in [0.25, 0.3) is 0 Å². The molecular formula is C15H24N4O3. The first kappa shape index (κ1) is 15.4. The summed E-state index contributed by atoms with van der Waals surface area (Å²) in [7, 11) is 0. The predicted octanol–water partition coefficient (Wildman–Crippen LogP) is 0.370. The summed E-state index contributed by atoms with van der Waals surface area (Å²) in [5.74, 6) is 0.0297. The Labute approximate surface area is 130 Å². The molecule has 0 radical (unpaired) electrons. The van der Waals surface area contributed by atoms with Crippen LogP contribution in [0, 0.1) is 6.92 Å². The third-order valence-corrected chi connectivity index (χ3v) is 4.83. The summed E-state index contributed by atoms with van der Waals surface area (Å²) in [5.41, 5.74) is 0.616. The highest BCUT2D eigenvalue weighted by Gasteiger charge is 2.36. The minimum Gasteiger partial charge on any atom is -0.388 e. The van der Waals surface area contributed by atoms with Crippen molar-refractivity contribution in [3.05, 3.63) is 11.4 Å². The lowest BCUT2D eigenvalue weighted by atomic mass is 9.90. The highest BCUT2D eigenvalue weighted by molar-refractivity contribution is 5.78. The molecule has 22 heavy (non-hydrogen) atoms. The Hall–Kier alpha value is -1.47. The average Bonchev–Trinajstić information content (AvgIpc) is 3.12. The van der Waals surface area contributed by atoms with E-state index in [1.807, 2.05) is 4.90 Å². The average molecular weight is 308 g/mol. The third-order valence-electron chi connectivity index (χ3n) is 4.83. The van der Waals surface area contributed by atoms with Crippen molar-refractivity contribution in [2.24, 2.45) is 0 Å². The molecule has 0 aliphatic carbocycles. The first-order valence-electron chi connectivity index (χ1n) is 8.06. The number of aromatic nitrogens is 2. The van der Waals surface area contributed by atoms with Crippen molar-refractivity contribution in [2.45, 2.75) is 44.6 Å². The maximum atomic E-state index is 12.3. The van der Waals surface area contributed by atoms with Crippen LogP contribution in [0.15, 0.2) is 4.63 Å². The second-order valence-corrected chi connectivity index (χ2v) is 6.56. The van der Waals surface area contributed by atoms with E-state index >= 15 is 0 Å².